The minimum Gasteiger partial charge on any atom is -0.450 e. The summed E-state index contributed by atoms with van der Waals surface area (Å²) in [6.07, 6.45) is 2.59. The van der Waals surface area contributed by atoms with Crippen LogP contribution >= 0.6 is 35.7 Å². The smallest absolute Gasteiger partial charge is 0.407 e. The van der Waals surface area contributed by atoms with Crippen LogP contribution in [0.15, 0.2) is 4.99 Å². The lowest BCUT2D eigenvalue weighted by Crippen LogP contribution is -2.48. The lowest BCUT2D eigenvalue weighted by atomic mass is 10.0. The fraction of sp³-hybridized carbons (Fsp3) is 0.857. The maximum absolute atomic E-state index is 11.6. The average Bonchev–Trinajstić information content (AvgIpc) is 2.42. The van der Waals surface area contributed by atoms with Gasteiger partial charge in [0.05, 0.1) is 6.61 Å². The van der Waals surface area contributed by atoms with Gasteiger partial charge < -0.3 is 20.7 Å². The maximum atomic E-state index is 11.6. The molecule has 1 unspecified atom stereocenters. The number of thioether (sulfide) groups is 1. The second-order valence-corrected chi connectivity index (χ2v) is 6.05. The Balaban J connectivity index is 0. The van der Waals surface area contributed by atoms with Crippen molar-refractivity contribution in [1.82, 2.24) is 16.0 Å². The van der Waals surface area contributed by atoms with E-state index in [1.807, 2.05) is 0 Å². The molecule has 3 N–H and O–H groups in total. The molecule has 0 rings (SSSR count). The van der Waals surface area contributed by atoms with E-state index >= 15 is 0 Å². The Morgan fingerprint density at radius 3 is 2.50 bits per heavy atom. The van der Waals surface area contributed by atoms with Crippen LogP contribution in [-0.2, 0) is 4.74 Å². The van der Waals surface area contributed by atoms with Gasteiger partial charge in [-0.2, -0.15) is 11.8 Å². The molecular weight excluding hydrogens is 415 g/mol. The van der Waals surface area contributed by atoms with Crippen LogP contribution < -0.4 is 16.0 Å². The topological polar surface area (TPSA) is 74.8 Å². The molecular formula is C14H31IN4O2S. The highest BCUT2D eigenvalue weighted by molar-refractivity contribution is 14.0. The van der Waals surface area contributed by atoms with Gasteiger partial charge in [0.25, 0.3) is 0 Å². The Kier molecular flexibility index (Phi) is 16.8. The molecule has 1 amide bonds. The molecule has 8 heteroatoms. The lowest BCUT2D eigenvalue weighted by Gasteiger charge is -2.22. The van der Waals surface area contributed by atoms with Crippen molar-refractivity contribution >= 4 is 47.8 Å². The first kappa shape index (κ1) is 23.9. The summed E-state index contributed by atoms with van der Waals surface area (Å²) in [6, 6.07) is 0.0168. The van der Waals surface area contributed by atoms with E-state index in [-0.39, 0.29) is 36.1 Å². The number of ether oxygens (including phenoxy) is 1. The van der Waals surface area contributed by atoms with Crippen molar-refractivity contribution in [3.8, 4) is 0 Å². The summed E-state index contributed by atoms with van der Waals surface area (Å²) in [7, 11) is 1.74. The van der Waals surface area contributed by atoms with Gasteiger partial charge in [0, 0.05) is 31.9 Å². The zero-order valence-corrected chi connectivity index (χ0v) is 17.4. The van der Waals surface area contributed by atoms with E-state index in [9.17, 15) is 4.79 Å². The number of aliphatic imine (C=N–C) groups is 1. The third-order valence-electron chi connectivity index (χ3n) is 2.69. The van der Waals surface area contributed by atoms with Gasteiger partial charge in [0.15, 0.2) is 5.96 Å². The molecule has 0 saturated heterocycles. The molecule has 0 aliphatic carbocycles. The van der Waals surface area contributed by atoms with E-state index in [4.69, 9.17) is 4.74 Å². The zero-order valence-electron chi connectivity index (χ0n) is 14.3. The second kappa shape index (κ2) is 15.5. The summed E-state index contributed by atoms with van der Waals surface area (Å²) in [5, 5.41) is 9.36. The summed E-state index contributed by atoms with van der Waals surface area (Å²) in [6.45, 7) is 7.92. The molecule has 0 aliphatic rings. The van der Waals surface area contributed by atoms with Crippen LogP contribution in [0, 0.1) is 5.92 Å². The Bertz CT molecular complexity index is 317. The van der Waals surface area contributed by atoms with Gasteiger partial charge in [0.1, 0.15) is 0 Å². The minimum atomic E-state index is -0.365. The van der Waals surface area contributed by atoms with Crippen molar-refractivity contribution < 1.29 is 9.53 Å². The number of halogens is 1. The standard InChI is InChI=1S/C14H30N4O2S.HI/c1-6-20-14(19)18-12(9-11(2)3)10-17-13(15-4)16-7-8-21-5;/h11-12H,6-10H2,1-5H3,(H,18,19)(H2,15,16,17);1H. The van der Waals surface area contributed by atoms with Crippen LogP contribution in [0.25, 0.3) is 0 Å². The third kappa shape index (κ3) is 13.3. The summed E-state index contributed by atoms with van der Waals surface area (Å²) < 4.78 is 4.94. The van der Waals surface area contributed by atoms with E-state index in [0.29, 0.717) is 19.1 Å². The van der Waals surface area contributed by atoms with Crippen LogP contribution in [0.5, 0.6) is 0 Å². The number of hydrogen-bond donors (Lipinski definition) is 3. The third-order valence-corrected chi connectivity index (χ3v) is 3.30. The summed E-state index contributed by atoms with van der Waals surface area (Å²) in [4.78, 5) is 15.7. The van der Waals surface area contributed by atoms with E-state index < -0.39 is 0 Å². The monoisotopic (exact) mass is 446 g/mol. The first-order valence-corrected chi connectivity index (χ1v) is 8.79. The Hall–Kier alpha value is -0.380. The quantitative estimate of drug-likeness (QED) is 0.219. The Labute approximate surface area is 156 Å². The fourth-order valence-corrected chi connectivity index (χ4v) is 2.12. The van der Waals surface area contributed by atoms with Gasteiger partial charge in [-0.25, -0.2) is 4.79 Å². The van der Waals surface area contributed by atoms with Crippen LogP contribution in [0.3, 0.4) is 0 Å². The molecule has 6 nitrogen and oxygen atoms in total. The number of nitrogens with zero attached hydrogens (tertiary/aromatic N) is 1. The van der Waals surface area contributed by atoms with E-state index in [1.165, 1.54) is 0 Å². The van der Waals surface area contributed by atoms with E-state index in [0.717, 1.165) is 24.7 Å². The van der Waals surface area contributed by atoms with Crippen molar-refractivity contribution in [2.45, 2.75) is 33.2 Å². The fourth-order valence-electron chi connectivity index (χ4n) is 1.81. The highest BCUT2D eigenvalue weighted by Crippen LogP contribution is 2.04. The Morgan fingerprint density at radius 2 is 2.00 bits per heavy atom. The van der Waals surface area contributed by atoms with Crippen molar-refractivity contribution in [3.63, 3.8) is 0 Å². The molecule has 0 aromatic heterocycles. The number of rotatable bonds is 9. The molecule has 0 aromatic carbocycles. The highest BCUT2D eigenvalue weighted by Gasteiger charge is 2.15. The molecule has 0 saturated carbocycles. The average molecular weight is 446 g/mol. The second-order valence-electron chi connectivity index (χ2n) is 5.06. The van der Waals surface area contributed by atoms with Gasteiger partial charge in [0.2, 0.25) is 0 Å². The zero-order chi connectivity index (χ0) is 16.1. The van der Waals surface area contributed by atoms with Crippen LogP contribution in [0.4, 0.5) is 4.79 Å². The van der Waals surface area contributed by atoms with Crippen LogP contribution in [0.1, 0.15) is 27.2 Å². The number of carbonyl (C=O) groups is 1. The van der Waals surface area contributed by atoms with Gasteiger partial charge in [-0.05, 0) is 25.5 Å². The molecule has 0 radical (unpaired) electrons. The van der Waals surface area contributed by atoms with Crippen molar-refractivity contribution in [2.24, 2.45) is 10.9 Å². The van der Waals surface area contributed by atoms with Crippen molar-refractivity contribution in [2.75, 3.05) is 38.8 Å². The predicted molar refractivity (Wildman–Crippen MR) is 107 cm³/mol. The number of guanidine groups is 1. The highest BCUT2D eigenvalue weighted by atomic mass is 127. The number of amides is 1. The normalized spacial score (nSPS) is 12.4. The van der Waals surface area contributed by atoms with E-state index in [1.54, 1.807) is 25.7 Å². The first-order chi connectivity index (χ1) is 10.0. The van der Waals surface area contributed by atoms with Gasteiger partial charge >= 0.3 is 6.09 Å². The largest absolute Gasteiger partial charge is 0.450 e. The van der Waals surface area contributed by atoms with E-state index in [2.05, 4.69) is 41.0 Å². The molecule has 22 heavy (non-hydrogen) atoms. The SMILES string of the molecule is CCOC(=O)NC(CNC(=NC)NCCSC)CC(C)C.I. The summed E-state index contributed by atoms with van der Waals surface area (Å²) in [5.41, 5.74) is 0. The van der Waals surface area contributed by atoms with Crippen molar-refractivity contribution in [1.29, 1.82) is 0 Å². The van der Waals surface area contributed by atoms with Crippen molar-refractivity contribution in [3.05, 3.63) is 0 Å². The summed E-state index contributed by atoms with van der Waals surface area (Å²) >= 11 is 1.78. The number of carbonyl (C=O) groups excluding carboxylic acids is 1. The Morgan fingerprint density at radius 1 is 1.32 bits per heavy atom. The number of nitrogens with one attached hydrogen (secondary N) is 3. The van der Waals surface area contributed by atoms with Gasteiger partial charge in [-0.1, -0.05) is 13.8 Å². The molecule has 0 aliphatic heterocycles. The first-order valence-electron chi connectivity index (χ1n) is 7.40. The molecule has 0 aromatic rings. The predicted octanol–water partition coefficient (Wildman–Crippen LogP) is 2.29. The van der Waals surface area contributed by atoms with Gasteiger partial charge in [-0.3, -0.25) is 4.99 Å². The molecule has 0 heterocycles. The van der Waals surface area contributed by atoms with Gasteiger partial charge in [-0.15, -0.1) is 24.0 Å². The molecule has 132 valence electrons. The molecule has 0 fully saturated rings. The van der Waals surface area contributed by atoms with Crippen LogP contribution in [0.2, 0.25) is 0 Å². The summed E-state index contributed by atoms with van der Waals surface area (Å²) in [5.74, 6) is 2.27. The van der Waals surface area contributed by atoms with Crippen LogP contribution in [-0.4, -0.2) is 56.8 Å². The maximum Gasteiger partial charge on any atom is 0.407 e. The number of alkyl carbamates (subject to hydrolysis) is 1. The molecule has 1 atom stereocenters. The minimum absolute atomic E-state index is 0. The number of hydrogen-bond acceptors (Lipinski definition) is 4. The lowest BCUT2D eigenvalue weighted by molar-refractivity contribution is 0.146. The molecule has 0 bridgehead atoms. The molecule has 0 spiro atoms.